The summed E-state index contributed by atoms with van der Waals surface area (Å²) in [5, 5.41) is 7.89. The second kappa shape index (κ2) is 4.60. The van der Waals surface area contributed by atoms with Crippen LogP contribution in [0.5, 0.6) is 0 Å². The van der Waals surface area contributed by atoms with Crippen LogP contribution in [-0.4, -0.2) is 11.1 Å². The van der Waals surface area contributed by atoms with Crippen molar-refractivity contribution in [1.82, 2.24) is 0 Å². The van der Waals surface area contributed by atoms with Crippen LogP contribution in [-0.2, 0) is 4.79 Å². The standard InChI is InChI=1S/C4H6O2.Lu/c1-3(2)4(5)6;/h1H2,2H3,(H,5,6);. The molecule has 2 nitrogen and oxygen atoms in total. The zero-order chi connectivity index (χ0) is 5.15. The van der Waals surface area contributed by atoms with Gasteiger partial charge in [0, 0.05) is 42.4 Å². The Morgan fingerprint density at radius 2 is 1.86 bits per heavy atom. The fraction of sp³-hybridized carbons (Fsp3) is 0.250. The summed E-state index contributed by atoms with van der Waals surface area (Å²) in [6.07, 6.45) is 0. The minimum absolute atomic E-state index is 0. The second-order valence-corrected chi connectivity index (χ2v) is 1.09. The van der Waals surface area contributed by atoms with E-state index < -0.39 is 5.97 Å². The molecule has 7 heavy (non-hydrogen) atoms. The van der Waals surface area contributed by atoms with Crippen molar-refractivity contribution in [2.75, 3.05) is 0 Å². The first-order valence-electron chi connectivity index (χ1n) is 1.53. The van der Waals surface area contributed by atoms with E-state index in [1.165, 1.54) is 6.92 Å². The number of hydrogen-bond acceptors (Lipinski definition) is 1. The van der Waals surface area contributed by atoms with Gasteiger partial charge < -0.3 is 5.11 Å². The van der Waals surface area contributed by atoms with E-state index >= 15 is 0 Å². The maximum Gasteiger partial charge on any atom is 0.330 e. The van der Waals surface area contributed by atoms with Crippen LogP contribution in [0.2, 0.25) is 0 Å². The van der Waals surface area contributed by atoms with E-state index in [2.05, 4.69) is 6.58 Å². The summed E-state index contributed by atoms with van der Waals surface area (Å²) in [5.41, 5.74) is 0.176. The number of carbonyl (C=O) groups is 1. The molecule has 0 amide bonds. The van der Waals surface area contributed by atoms with Crippen LogP contribution >= 0.6 is 0 Å². The van der Waals surface area contributed by atoms with Gasteiger partial charge in [0.15, 0.2) is 0 Å². The number of carboxylic acids is 1. The predicted octanol–water partition coefficient (Wildman–Crippen LogP) is 0.647. The monoisotopic (exact) mass is 261 g/mol. The van der Waals surface area contributed by atoms with Crippen LogP contribution in [0.15, 0.2) is 12.2 Å². The van der Waals surface area contributed by atoms with Gasteiger partial charge >= 0.3 is 5.97 Å². The third kappa shape index (κ3) is 6.44. The van der Waals surface area contributed by atoms with Gasteiger partial charge in [-0.05, 0) is 6.92 Å². The molecule has 0 aromatic rings. The molecule has 1 radical (unpaired) electrons. The quantitative estimate of drug-likeness (QED) is 0.703. The summed E-state index contributed by atoms with van der Waals surface area (Å²) in [4.78, 5) is 9.60. The molecule has 0 bridgehead atoms. The summed E-state index contributed by atoms with van der Waals surface area (Å²) < 4.78 is 0. The van der Waals surface area contributed by atoms with Crippen LogP contribution in [0, 0.1) is 36.9 Å². The normalized spacial score (nSPS) is 6.43. The van der Waals surface area contributed by atoms with E-state index in [4.69, 9.17) is 5.11 Å². The van der Waals surface area contributed by atoms with Crippen molar-refractivity contribution in [3.05, 3.63) is 12.2 Å². The molecule has 49 valence electrons. The van der Waals surface area contributed by atoms with Crippen molar-refractivity contribution < 1.29 is 46.8 Å². The summed E-state index contributed by atoms with van der Waals surface area (Å²) in [6, 6.07) is 0. The van der Waals surface area contributed by atoms with Crippen LogP contribution in [0.4, 0.5) is 0 Å². The van der Waals surface area contributed by atoms with E-state index in [-0.39, 0.29) is 42.4 Å². The molecular formula is C4H6LuO2. The topological polar surface area (TPSA) is 37.3 Å². The Morgan fingerprint density at radius 3 is 1.86 bits per heavy atom. The molecular weight excluding hydrogens is 255 g/mol. The fourth-order valence-corrected chi connectivity index (χ4v) is 0. The molecule has 0 saturated carbocycles. The van der Waals surface area contributed by atoms with Gasteiger partial charge in [-0.15, -0.1) is 0 Å². The van der Waals surface area contributed by atoms with Gasteiger partial charge in [-0.1, -0.05) is 6.58 Å². The van der Waals surface area contributed by atoms with E-state index in [0.29, 0.717) is 0 Å². The Hall–Kier alpha value is 0.444. The average Bonchev–Trinajstić information content (AvgIpc) is 1.36. The number of rotatable bonds is 1. The van der Waals surface area contributed by atoms with E-state index in [1.807, 2.05) is 0 Å². The van der Waals surface area contributed by atoms with Gasteiger partial charge in [-0.2, -0.15) is 0 Å². The summed E-state index contributed by atoms with van der Waals surface area (Å²) in [5.74, 6) is -0.935. The predicted molar refractivity (Wildman–Crippen MR) is 22.4 cm³/mol. The van der Waals surface area contributed by atoms with E-state index in [9.17, 15) is 4.79 Å². The molecule has 0 rings (SSSR count). The Labute approximate surface area is 71.4 Å². The van der Waals surface area contributed by atoms with Gasteiger partial charge in [0.25, 0.3) is 0 Å². The van der Waals surface area contributed by atoms with Crippen molar-refractivity contribution >= 4 is 5.97 Å². The minimum Gasteiger partial charge on any atom is -0.478 e. The molecule has 0 heterocycles. The molecule has 0 aliphatic heterocycles. The Kier molecular flexibility index (Phi) is 6.85. The molecule has 0 atom stereocenters. The van der Waals surface area contributed by atoms with Crippen molar-refractivity contribution in [1.29, 1.82) is 0 Å². The molecule has 0 aromatic carbocycles. The first-order valence-corrected chi connectivity index (χ1v) is 1.53. The molecule has 0 unspecified atom stereocenters. The minimum atomic E-state index is -0.935. The summed E-state index contributed by atoms with van der Waals surface area (Å²) in [6.45, 7) is 4.60. The first kappa shape index (κ1) is 10.4. The first-order chi connectivity index (χ1) is 2.64. The maximum absolute atomic E-state index is 9.60. The van der Waals surface area contributed by atoms with Gasteiger partial charge in [0.2, 0.25) is 0 Å². The summed E-state index contributed by atoms with van der Waals surface area (Å²) in [7, 11) is 0. The Morgan fingerprint density at radius 1 is 1.71 bits per heavy atom. The Balaban J connectivity index is 0. The third-order valence-corrected chi connectivity index (χ3v) is 0.365. The van der Waals surface area contributed by atoms with Gasteiger partial charge in [-0.25, -0.2) is 4.79 Å². The van der Waals surface area contributed by atoms with Crippen LogP contribution in [0.3, 0.4) is 0 Å². The Bertz CT molecular complexity index is 75.7. The largest absolute Gasteiger partial charge is 0.478 e. The number of carboxylic acid groups (broad SMARTS) is 1. The molecule has 0 fully saturated rings. The number of hydrogen-bond donors (Lipinski definition) is 1. The van der Waals surface area contributed by atoms with E-state index in [1.54, 1.807) is 0 Å². The third-order valence-electron chi connectivity index (χ3n) is 0.365. The molecule has 0 aromatic heterocycles. The summed E-state index contributed by atoms with van der Waals surface area (Å²) >= 11 is 0. The van der Waals surface area contributed by atoms with Crippen molar-refractivity contribution in [2.45, 2.75) is 6.92 Å². The van der Waals surface area contributed by atoms with Gasteiger partial charge in [-0.3, -0.25) is 0 Å². The van der Waals surface area contributed by atoms with Crippen molar-refractivity contribution in [2.24, 2.45) is 0 Å². The molecule has 0 aliphatic rings. The molecule has 0 saturated heterocycles. The van der Waals surface area contributed by atoms with Crippen molar-refractivity contribution in [3.8, 4) is 0 Å². The van der Waals surface area contributed by atoms with Crippen LogP contribution in [0.25, 0.3) is 0 Å². The average molecular weight is 261 g/mol. The molecule has 3 heteroatoms. The smallest absolute Gasteiger partial charge is 0.330 e. The van der Waals surface area contributed by atoms with Gasteiger partial charge in [0.1, 0.15) is 0 Å². The van der Waals surface area contributed by atoms with Crippen LogP contribution < -0.4 is 0 Å². The molecule has 0 spiro atoms. The second-order valence-electron chi connectivity index (χ2n) is 1.09. The maximum atomic E-state index is 9.60. The van der Waals surface area contributed by atoms with Crippen LogP contribution in [0.1, 0.15) is 6.92 Å². The number of aliphatic carboxylic acids is 1. The van der Waals surface area contributed by atoms with Crippen molar-refractivity contribution in [3.63, 3.8) is 0 Å². The van der Waals surface area contributed by atoms with Gasteiger partial charge in [0.05, 0.1) is 0 Å². The zero-order valence-electron chi connectivity index (χ0n) is 3.82. The SMILES string of the molecule is C=C(C)C(=O)O.[Lu]. The molecule has 1 N–H and O–H groups in total. The molecule has 0 aliphatic carbocycles. The fourth-order valence-electron chi connectivity index (χ4n) is 0. The van der Waals surface area contributed by atoms with E-state index in [0.717, 1.165) is 0 Å². The zero-order valence-corrected chi connectivity index (χ0v) is 5.48.